The quantitative estimate of drug-likeness (QED) is 0.710. The third-order valence-corrected chi connectivity index (χ3v) is 2.46. The van der Waals surface area contributed by atoms with E-state index in [9.17, 15) is 19.1 Å². The molecule has 6 nitrogen and oxygen atoms in total. The van der Waals surface area contributed by atoms with Gasteiger partial charge in [-0.2, -0.15) is 0 Å². The number of nitrogens with two attached hydrogens (primary N) is 1. The van der Waals surface area contributed by atoms with E-state index in [1.807, 2.05) is 0 Å². The summed E-state index contributed by atoms with van der Waals surface area (Å²) in [6.07, 6.45) is -2.11. The van der Waals surface area contributed by atoms with E-state index in [1.54, 1.807) is 0 Å². The molecular formula is C12H15ClFNO5. The van der Waals surface area contributed by atoms with Gasteiger partial charge in [0, 0.05) is 0 Å². The van der Waals surface area contributed by atoms with Crippen molar-refractivity contribution in [2.45, 2.75) is 19.1 Å². The summed E-state index contributed by atoms with van der Waals surface area (Å²) in [5, 5.41) is 18.1. The molecule has 1 unspecified atom stereocenters. The Bertz CT molecular complexity index is 497. The van der Waals surface area contributed by atoms with E-state index in [0.717, 1.165) is 12.1 Å². The number of carboxylic acids is 1. The molecule has 0 spiro atoms. The first kappa shape index (κ1) is 18.1. The zero-order valence-electron chi connectivity index (χ0n) is 10.6. The molecule has 0 aromatic heterocycles. The molecule has 0 fully saturated rings. The zero-order chi connectivity index (χ0) is 14.6. The second-order valence-corrected chi connectivity index (χ2v) is 3.76. The minimum absolute atomic E-state index is 0. The Morgan fingerprint density at radius 3 is 2.55 bits per heavy atom. The van der Waals surface area contributed by atoms with E-state index >= 15 is 0 Å². The Morgan fingerprint density at radius 1 is 1.45 bits per heavy atom. The van der Waals surface area contributed by atoms with E-state index in [1.165, 1.54) is 13.0 Å². The summed E-state index contributed by atoms with van der Waals surface area (Å²) in [5.41, 5.74) is 5.20. The normalized spacial score (nSPS) is 12.9. The van der Waals surface area contributed by atoms with Crippen molar-refractivity contribution in [3.05, 3.63) is 29.3 Å². The van der Waals surface area contributed by atoms with Crippen LogP contribution in [0.3, 0.4) is 0 Å². The van der Waals surface area contributed by atoms with Crippen molar-refractivity contribution < 1.29 is 28.9 Å². The Morgan fingerprint density at radius 2 is 2.05 bits per heavy atom. The van der Waals surface area contributed by atoms with Gasteiger partial charge in [0.1, 0.15) is 11.3 Å². The van der Waals surface area contributed by atoms with Crippen LogP contribution in [0.5, 0.6) is 5.75 Å². The second kappa shape index (κ2) is 7.66. The first-order valence-electron chi connectivity index (χ1n) is 5.51. The number of hydrogen-bond donors (Lipinski definition) is 3. The number of aromatic hydroxyl groups is 1. The summed E-state index contributed by atoms with van der Waals surface area (Å²) in [6.45, 7) is 1.54. The molecule has 4 N–H and O–H groups in total. The molecule has 0 aliphatic rings. The van der Waals surface area contributed by atoms with E-state index in [-0.39, 0.29) is 24.6 Å². The van der Waals surface area contributed by atoms with Gasteiger partial charge < -0.3 is 20.7 Å². The van der Waals surface area contributed by atoms with Crippen LogP contribution in [0.1, 0.15) is 28.9 Å². The van der Waals surface area contributed by atoms with E-state index in [4.69, 9.17) is 10.8 Å². The van der Waals surface area contributed by atoms with Gasteiger partial charge in [-0.05, 0) is 24.6 Å². The van der Waals surface area contributed by atoms with Crippen molar-refractivity contribution >= 4 is 24.3 Å². The van der Waals surface area contributed by atoms with Crippen LogP contribution in [-0.4, -0.2) is 34.9 Å². The number of rotatable bonds is 5. The molecule has 0 aliphatic heterocycles. The highest BCUT2D eigenvalue weighted by atomic mass is 35.5. The van der Waals surface area contributed by atoms with Gasteiger partial charge in [-0.15, -0.1) is 12.4 Å². The first-order chi connectivity index (χ1) is 8.88. The first-order valence-corrected chi connectivity index (χ1v) is 5.51. The third-order valence-electron chi connectivity index (χ3n) is 2.46. The average molecular weight is 308 g/mol. The van der Waals surface area contributed by atoms with Crippen LogP contribution in [0.4, 0.5) is 4.39 Å². The highest BCUT2D eigenvalue weighted by Gasteiger charge is 2.28. The molecule has 8 heteroatoms. The van der Waals surface area contributed by atoms with Gasteiger partial charge in [0.15, 0.2) is 0 Å². The molecule has 0 amide bonds. The summed E-state index contributed by atoms with van der Waals surface area (Å²) >= 11 is 0. The van der Waals surface area contributed by atoms with Gasteiger partial charge in [-0.1, -0.05) is 6.07 Å². The SMILES string of the molecule is CCOC(=O)C(F)[C@H](N)c1ccc(O)c(C(=O)O)c1.Cl. The van der Waals surface area contributed by atoms with Crippen LogP contribution < -0.4 is 5.73 Å². The fraction of sp³-hybridized carbons (Fsp3) is 0.333. The monoisotopic (exact) mass is 307 g/mol. The minimum Gasteiger partial charge on any atom is -0.507 e. The summed E-state index contributed by atoms with van der Waals surface area (Å²) in [7, 11) is 0. The molecule has 20 heavy (non-hydrogen) atoms. The van der Waals surface area contributed by atoms with Crippen LogP contribution in [0.2, 0.25) is 0 Å². The number of carbonyl (C=O) groups excluding carboxylic acids is 1. The maximum atomic E-state index is 13.7. The number of carbonyl (C=O) groups is 2. The molecule has 1 rings (SSSR count). The molecule has 112 valence electrons. The standard InChI is InChI=1S/C12H14FNO5.ClH/c1-2-19-12(18)9(13)10(14)6-3-4-8(15)7(5-6)11(16)17;/h3-5,9-10,15H,2,14H2,1H3,(H,16,17);1H/t9?,10-;/m1./s1. The number of hydrogen-bond acceptors (Lipinski definition) is 5. The van der Waals surface area contributed by atoms with Gasteiger partial charge >= 0.3 is 11.9 Å². The molecule has 0 saturated heterocycles. The van der Waals surface area contributed by atoms with Gasteiger partial charge in [0.2, 0.25) is 6.17 Å². The van der Waals surface area contributed by atoms with Crippen molar-refractivity contribution in [2.75, 3.05) is 6.61 Å². The van der Waals surface area contributed by atoms with Crippen LogP contribution in [-0.2, 0) is 9.53 Å². The predicted molar refractivity (Wildman–Crippen MR) is 70.8 cm³/mol. The number of benzene rings is 1. The van der Waals surface area contributed by atoms with E-state index in [0.29, 0.717) is 0 Å². The van der Waals surface area contributed by atoms with Crippen LogP contribution in [0, 0.1) is 0 Å². The van der Waals surface area contributed by atoms with Crippen LogP contribution in [0.25, 0.3) is 0 Å². The molecule has 1 aromatic carbocycles. The molecule has 0 heterocycles. The highest BCUT2D eigenvalue weighted by Crippen LogP contribution is 2.24. The molecule has 2 atom stereocenters. The number of alkyl halides is 1. The van der Waals surface area contributed by atoms with Crippen molar-refractivity contribution in [2.24, 2.45) is 5.73 Å². The summed E-state index contributed by atoms with van der Waals surface area (Å²) < 4.78 is 18.2. The number of aromatic carboxylic acids is 1. The average Bonchev–Trinajstić information content (AvgIpc) is 2.37. The second-order valence-electron chi connectivity index (χ2n) is 3.76. The number of ether oxygens (including phenoxy) is 1. The van der Waals surface area contributed by atoms with Gasteiger partial charge in [-0.25, -0.2) is 14.0 Å². The number of carboxylic acid groups (broad SMARTS) is 1. The fourth-order valence-electron chi connectivity index (χ4n) is 1.47. The Balaban J connectivity index is 0.00000361. The lowest BCUT2D eigenvalue weighted by Gasteiger charge is -2.16. The summed E-state index contributed by atoms with van der Waals surface area (Å²) in [4.78, 5) is 22.0. The molecule has 1 aromatic rings. The van der Waals surface area contributed by atoms with Gasteiger partial charge in [0.25, 0.3) is 0 Å². The summed E-state index contributed by atoms with van der Waals surface area (Å²) in [5.74, 6) is -2.95. The smallest absolute Gasteiger partial charge is 0.342 e. The van der Waals surface area contributed by atoms with Crippen LogP contribution in [0.15, 0.2) is 18.2 Å². The largest absolute Gasteiger partial charge is 0.507 e. The lowest BCUT2D eigenvalue weighted by Crippen LogP contribution is -2.31. The molecule has 0 saturated carbocycles. The Kier molecular flexibility index (Phi) is 6.95. The maximum absolute atomic E-state index is 13.7. The number of halogens is 2. The predicted octanol–water partition coefficient (Wildman–Crippen LogP) is 1.41. The molecule has 0 radical (unpaired) electrons. The lowest BCUT2D eigenvalue weighted by atomic mass is 10.0. The molecule has 0 aliphatic carbocycles. The lowest BCUT2D eigenvalue weighted by molar-refractivity contribution is -0.149. The fourth-order valence-corrected chi connectivity index (χ4v) is 1.47. The molecular weight excluding hydrogens is 293 g/mol. The number of esters is 1. The van der Waals surface area contributed by atoms with Crippen molar-refractivity contribution in [3.8, 4) is 5.75 Å². The summed E-state index contributed by atoms with van der Waals surface area (Å²) in [6, 6.07) is 1.99. The van der Waals surface area contributed by atoms with Gasteiger partial charge in [0.05, 0.1) is 12.6 Å². The van der Waals surface area contributed by atoms with Crippen LogP contribution >= 0.6 is 12.4 Å². The maximum Gasteiger partial charge on any atom is 0.342 e. The molecule has 0 bridgehead atoms. The highest BCUT2D eigenvalue weighted by molar-refractivity contribution is 5.91. The number of phenols is 1. The minimum atomic E-state index is -2.11. The third kappa shape index (κ3) is 4.07. The van der Waals surface area contributed by atoms with E-state index < -0.39 is 35.5 Å². The zero-order valence-corrected chi connectivity index (χ0v) is 11.4. The Labute approximate surface area is 120 Å². The van der Waals surface area contributed by atoms with Crippen molar-refractivity contribution in [3.63, 3.8) is 0 Å². The van der Waals surface area contributed by atoms with Crippen molar-refractivity contribution in [1.29, 1.82) is 0 Å². The van der Waals surface area contributed by atoms with Gasteiger partial charge in [-0.3, -0.25) is 0 Å². The van der Waals surface area contributed by atoms with Crippen molar-refractivity contribution in [1.82, 2.24) is 0 Å². The van der Waals surface area contributed by atoms with E-state index in [2.05, 4.69) is 4.74 Å². The Hall–Kier alpha value is -1.86. The topological polar surface area (TPSA) is 110 Å².